The molecule has 250 valence electrons. The van der Waals surface area contributed by atoms with E-state index in [2.05, 4.69) is 6.92 Å². The lowest BCUT2D eigenvalue weighted by Gasteiger charge is -2.20. The first-order valence-electron chi connectivity index (χ1n) is 17.5. The molecule has 1 rings (SSSR count). The van der Waals surface area contributed by atoms with Crippen molar-refractivity contribution < 1.29 is 33.4 Å². The van der Waals surface area contributed by atoms with E-state index in [4.69, 9.17) is 13.8 Å². The SMILES string of the molecule is CCCCCCCCCCCCCCCCCCOc1ccccc1CC(COP(=O)(O)OCC[NH2+]C)CC(=O)CCC. The Kier molecular flexibility index (Phi) is 25.1. The van der Waals surface area contributed by atoms with E-state index < -0.39 is 7.82 Å². The molecule has 43 heavy (non-hydrogen) atoms. The number of likely N-dealkylation sites (N-methyl/N-ethyl adjacent to an activating group) is 1. The lowest BCUT2D eigenvalue weighted by Crippen LogP contribution is -2.80. The molecule has 0 amide bonds. The van der Waals surface area contributed by atoms with Crippen LogP contribution in [0.3, 0.4) is 0 Å². The maximum absolute atomic E-state index is 12.5. The minimum absolute atomic E-state index is 0.0213. The topological polar surface area (TPSA) is 98.7 Å². The largest absolute Gasteiger partial charge is 0.493 e. The Balaban J connectivity index is 2.32. The number of rotatable bonds is 31. The fourth-order valence-corrected chi connectivity index (χ4v) is 6.18. The summed E-state index contributed by atoms with van der Waals surface area (Å²) in [5.41, 5.74) is 0.992. The first-order valence-corrected chi connectivity index (χ1v) is 19.0. The lowest BCUT2D eigenvalue weighted by atomic mass is 9.93. The minimum atomic E-state index is -4.16. The van der Waals surface area contributed by atoms with Crippen LogP contribution >= 0.6 is 7.82 Å². The fourth-order valence-electron chi connectivity index (χ4n) is 5.37. The second-order valence-corrected chi connectivity index (χ2v) is 13.6. The third-order valence-corrected chi connectivity index (χ3v) is 8.90. The van der Waals surface area contributed by atoms with Gasteiger partial charge in [0.1, 0.15) is 18.1 Å². The number of nitrogens with two attached hydrogens (primary N) is 1. The molecule has 0 saturated carbocycles. The molecule has 0 aliphatic carbocycles. The highest BCUT2D eigenvalue weighted by Crippen LogP contribution is 2.43. The number of Topliss-reactive ketones (excluding diaryl/α,β-unsaturated/α-hetero) is 1. The van der Waals surface area contributed by atoms with Gasteiger partial charge in [0.05, 0.1) is 26.8 Å². The van der Waals surface area contributed by atoms with Crippen molar-refractivity contribution in [3.63, 3.8) is 0 Å². The monoisotopic (exact) mass is 626 g/mol. The summed E-state index contributed by atoms with van der Waals surface area (Å²) in [5, 5.41) is 1.86. The van der Waals surface area contributed by atoms with Crippen LogP contribution in [-0.4, -0.2) is 44.1 Å². The molecule has 0 aliphatic heterocycles. The van der Waals surface area contributed by atoms with Crippen LogP contribution in [0.15, 0.2) is 24.3 Å². The van der Waals surface area contributed by atoms with Crippen LogP contribution in [0.1, 0.15) is 141 Å². The van der Waals surface area contributed by atoms with Gasteiger partial charge in [-0.15, -0.1) is 0 Å². The van der Waals surface area contributed by atoms with Crippen LogP contribution < -0.4 is 10.1 Å². The summed E-state index contributed by atoms with van der Waals surface area (Å²) in [6.07, 6.45) is 23.6. The molecule has 0 radical (unpaired) electrons. The van der Waals surface area contributed by atoms with Gasteiger partial charge in [0, 0.05) is 12.8 Å². The number of hydrogen-bond donors (Lipinski definition) is 2. The molecule has 8 heteroatoms. The van der Waals surface area contributed by atoms with Crippen LogP contribution in [-0.2, 0) is 24.8 Å². The highest BCUT2D eigenvalue weighted by atomic mass is 31.2. The molecule has 2 atom stereocenters. The van der Waals surface area contributed by atoms with Gasteiger partial charge in [0.25, 0.3) is 0 Å². The van der Waals surface area contributed by atoms with Crippen LogP contribution in [0.5, 0.6) is 5.75 Å². The highest BCUT2D eigenvalue weighted by molar-refractivity contribution is 7.47. The van der Waals surface area contributed by atoms with Crippen molar-refractivity contribution in [2.24, 2.45) is 5.92 Å². The summed E-state index contributed by atoms with van der Waals surface area (Å²) in [6.45, 7) is 5.59. The molecular formula is C35H65NO6P+. The van der Waals surface area contributed by atoms with Gasteiger partial charge in [-0.25, -0.2) is 4.57 Å². The summed E-state index contributed by atoms with van der Waals surface area (Å²) in [4.78, 5) is 22.5. The first kappa shape index (κ1) is 39.8. The standard InChI is InChI=1S/C35H64NO6P/c1-4-6-7-8-9-10-11-12-13-14-15-16-17-18-19-22-27-40-35-25-21-20-24-33(35)29-32(30-34(37)23-5-2)31-42-43(38,39)41-28-26-36-3/h20-21,24-25,32,36H,4-19,22-23,26-31H2,1-3H3,(H,38,39)/p+1. The summed E-state index contributed by atoms with van der Waals surface area (Å²) in [7, 11) is -2.30. The Morgan fingerprint density at radius 1 is 0.791 bits per heavy atom. The normalized spacial score (nSPS) is 13.6. The molecule has 3 N–H and O–H groups in total. The summed E-state index contributed by atoms with van der Waals surface area (Å²) in [5.74, 6) is 0.719. The number of phosphoric ester groups is 1. The third-order valence-electron chi connectivity index (χ3n) is 7.92. The van der Waals surface area contributed by atoms with E-state index >= 15 is 0 Å². The van der Waals surface area contributed by atoms with Gasteiger partial charge < -0.3 is 14.9 Å². The molecule has 0 aliphatic rings. The lowest BCUT2D eigenvalue weighted by molar-refractivity contribution is -0.627. The van der Waals surface area contributed by atoms with E-state index in [1.54, 1.807) is 0 Å². The number of ether oxygens (including phenoxy) is 1. The van der Waals surface area contributed by atoms with Crippen molar-refractivity contribution in [1.82, 2.24) is 0 Å². The second-order valence-electron chi connectivity index (χ2n) is 12.1. The van der Waals surface area contributed by atoms with Gasteiger partial charge in [-0.2, -0.15) is 0 Å². The maximum Gasteiger partial charge on any atom is 0.472 e. The highest BCUT2D eigenvalue weighted by Gasteiger charge is 2.25. The molecule has 2 unspecified atom stereocenters. The molecular weight excluding hydrogens is 561 g/mol. The van der Waals surface area contributed by atoms with Gasteiger partial charge in [-0.3, -0.25) is 13.8 Å². The maximum atomic E-state index is 12.5. The number of quaternary nitrogens is 1. The van der Waals surface area contributed by atoms with E-state index in [0.29, 0.717) is 32.4 Å². The third kappa shape index (κ3) is 22.9. The molecule has 0 fully saturated rings. The zero-order chi connectivity index (χ0) is 31.4. The van der Waals surface area contributed by atoms with Gasteiger partial charge >= 0.3 is 7.82 Å². The number of carbonyl (C=O) groups is 1. The number of para-hydroxylation sites is 1. The summed E-state index contributed by atoms with van der Waals surface area (Å²) < 4.78 is 28.8. The second kappa shape index (κ2) is 27.1. The summed E-state index contributed by atoms with van der Waals surface area (Å²) in [6, 6.07) is 7.89. The number of phosphoric acid groups is 1. The Labute approximate surface area is 263 Å². The van der Waals surface area contributed by atoms with Crippen molar-refractivity contribution in [3.8, 4) is 5.75 Å². The Hall–Kier alpha value is -1.24. The number of benzene rings is 1. The van der Waals surface area contributed by atoms with Gasteiger partial charge in [-0.05, 0) is 36.8 Å². The molecule has 0 aromatic heterocycles. The van der Waals surface area contributed by atoms with Crippen LogP contribution in [0.2, 0.25) is 0 Å². The molecule has 0 saturated heterocycles. The van der Waals surface area contributed by atoms with Crippen molar-refractivity contribution in [3.05, 3.63) is 29.8 Å². The average molecular weight is 627 g/mol. The van der Waals surface area contributed by atoms with Crippen molar-refractivity contribution in [1.29, 1.82) is 0 Å². The van der Waals surface area contributed by atoms with E-state index in [9.17, 15) is 14.3 Å². The number of ketones is 1. The molecule has 1 aromatic carbocycles. The molecule has 1 aromatic rings. The van der Waals surface area contributed by atoms with Crippen molar-refractivity contribution in [2.45, 2.75) is 142 Å². The van der Waals surface area contributed by atoms with E-state index in [0.717, 1.165) is 24.2 Å². The average Bonchev–Trinajstić information content (AvgIpc) is 2.98. The van der Waals surface area contributed by atoms with Gasteiger partial charge in [0.15, 0.2) is 0 Å². The zero-order valence-electron chi connectivity index (χ0n) is 27.9. The van der Waals surface area contributed by atoms with Crippen molar-refractivity contribution in [2.75, 3.05) is 33.4 Å². The van der Waals surface area contributed by atoms with E-state index in [-0.39, 0.29) is 24.9 Å². The van der Waals surface area contributed by atoms with Gasteiger partial charge in [0.2, 0.25) is 0 Å². The van der Waals surface area contributed by atoms with Gasteiger partial charge in [-0.1, -0.05) is 128 Å². The molecule has 0 bridgehead atoms. The number of carbonyl (C=O) groups excluding carboxylic acids is 1. The fraction of sp³-hybridized carbons (Fsp3) is 0.800. The van der Waals surface area contributed by atoms with Crippen LogP contribution in [0, 0.1) is 5.92 Å². The van der Waals surface area contributed by atoms with E-state index in [1.807, 2.05) is 43.6 Å². The predicted molar refractivity (Wildman–Crippen MR) is 178 cm³/mol. The van der Waals surface area contributed by atoms with Crippen molar-refractivity contribution >= 4 is 13.6 Å². The number of hydrogen-bond acceptors (Lipinski definition) is 5. The first-order chi connectivity index (χ1) is 20.9. The Bertz CT molecular complexity index is 851. The Morgan fingerprint density at radius 3 is 1.91 bits per heavy atom. The van der Waals surface area contributed by atoms with Crippen LogP contribution in [0.25, 0.3) is 0 Å². The molecule has 0 spiro atoms. The number of unbranched alkanes of at least 4 members (excludes halogenated alkanes) is 15. The predicted octanol–water partition coefficient (Wildman–Crippen LogP) is 8.57. The molecule has 7 nitrogen and oxygen atoms in total. The quantitative estimate of drug-likeness (QED) is 0.0633. The molecule has 0 heterocycles. The zero-order valence-corrected chi connectivity index (χ0v) is 28.8. The van der Waals surface area contributed by atoms with Crippen LogP contribution in [0.4, 0.5) is 0 Å². The van der Waals surface area contributed by atoms with E-state index in [1.165, 1.54) is 96.3 Å². The summed E-state index contributed by atoms with van der Waals surface area (Å²) >= 11 is 0. The minimum Gasteiger partial charge on any atom is -0.493 e. The smallest absolute Gasteiger partial charge is 0.472 e. The Morgan fingerprint density at radius 2 is 1.35 bits per heavy atom.